The molecule has 0 aliphatic rings. The molecule has 2 heterocycles. The third-order valence-corrected chi connectivity index (χ3v) is 2.46. The summed E-state index contributed by atoms with van der Waals surface area (Å²) in [7, 11) is 1.75. The highest BCUT2D eigenvalue weighted by Crippen LogP contribution is 2.09. The minimum atomic E-state index is -0.587. The summed E-state index contributed by atoms with van der Waals surface area (Å²) in [6.07, 6.45) is 1.51. The lowest BCUT2D eigenvalue weighted by Crippen LogP contribution is -2.11. The van der Waals surface area contributed by atoms with Crippen LogP contribution < -0.4 is 0 Å². The molecule has 0 aromatic carbocycles. The summed E-state index contributed by atoms with van der Waals surface area (Å²) in [5, 5.41) is 4.13. The highest BCUT2D eigenvalue weighted by atomic mass is 19.1. The van der Waals surface area contributed by atoms with Crippen LogP contribution in [0.5, 0.6) is 0 Å². The van der Waals surface area contributed by atoms with Crippen molar-refractivity contribution in [2.75, 3.05) is 0 Å². The van der Waals surface area contributed by atoms with Gasteiger partial charge in [0.1, 0.15) is 5.69 Å². The van der Waals surface area contributed by atoms with Gasteiger partial charge in [-0.1, -0.05) is 0 Å². The molecule has 0 aliphatic heterocycles. The van der Waals surface area contributed by atoms with Gasteiger partial charge in [0.2, 0.25) is 0 Å². The second-order valence-electron chi connectivity index (χ2n) is 3.83. The van der Waals surface area contributed by atoms with Crippen LogP contribution >= 0.6 is 0 Å². The molecule has 4 nitrogen and oxygen atoms in total. The summed E-state index contributed by atoms with van der Waals surface area (Å²) in [6.45, 7) is 1.84. The van der Waals surface area contributed by atoms with Crippen LogP contribution in [0, 0.1) is 12.7 Å². The lowest BCUT2D eigenvalue weighted by atomic mass is 10.1. The van der Waals surface area contributed by atoms with Crippen molar-refractivity contribution >= 4 is 5.78 Å². The molecule has 0 bridgehead atoms. The van der Waals surface area contributed by atoms with Crippen LogP contribution in [0.25, 0.3) is 0 Å². The molecular weight excluding hydrogens is 221 g/mol. The Morgan fingerprint density at radius 1 is 1.53 bits per heavy atom. The fraction of sp³-hybridized carbons (Fsp3) is 0.250. The van der Waals surface area contributed by atoms with Gasteiger partial charge in [0.05, 0.1) is 12.1 Å². The van der Waals surface area contributed by atoms with E-state index >= 15 is 0 Å². The van der Waals surface area contributed by atoms with Gasteiger partial charge < -0.3 is 0 Å². The summed E-state index contributed by atoms with van der Waals surface area (Å²) in [5.41, 5.74) is 1.46. The normalized spacial score (nSPS) is 10.5. The predicted molar refractivity (Wildman–Crippen MR) is 60.2 cm³/mol. The van der Waals surface area contributed by atoms with Gasteiger partial charge >= 0.3 is 0 Å². The molecule has 0 aliphatic carbocycles. The zero-order valence-electron chi connectivity index (χ0n) is 9.64. The molecular formula is C12H12FN3O. The Bertz CT molecular complexity index is 563. The second-order valence-corrected chi connectivity index (χ2v) is 3.83. The molecule has 0 unspecified atom stereocenters. The monoisotopic (exact) mass is 233 g/mol. The maximum Gasteiger partial charge on any atom is 0.190 e. The molecule has 2 aromatic rings. The van der Waals surface area contributed by atoms with Crippen molar-refractivity contribution in [2.45, 2.75) is 13.3 Å². The summed E-state index contributed by atoms with van der Waals surface area (Å²) in [6, 6.07) is 4.49. The van der Waals surface area contributed by atoms with E-state index in [1.807, 2.05) is 6.92 Å². The van der Waals surface area contributed by atoms with Crippen LogP contribution in [0.4, 0.5) is 4.39 Å². The smallest absolute Gasteiger partial charge is 0.190 e. The van der Waals surface area contributed by atoms with Crippen molar-refractivity contribution in [2.24, 2.45) is 7.05 Å². The summed E-state index contributed by atoms with van der Waals surface area (Å²) in [5.74, 6) is -0.928. The van der Waals surface area contributed by atoms with E-state index in [1.165, 1.54) is 18.3 Å². The van der Waals surface area contributed by atoms with Gasteiger partial charge in [-0.2, -0.15) is 5.10 Å². The molecule has 0 amide bonds. The molecule has 0 saturated carbocycles. The van der Waals surface area contributed by atoms with E-state index in [1.54, 1.807) is 17.8 Å². The SMILES string of the molecule is Cc1cc(CC(=O)c2ncccc2F)n(C)n1. The second kappa shape index (κ2) is 4.45. The zero-order valence-corrected chi connectivity index (χ0v) is 9.64. The number of aromatic nitrogens is 3. The highest BCUT2D eigenvalue weighted by Gasteiger charge is 2.15. The van der Waals surface area contributed by atoms with Crippen molar-refractivity contribution in [1.29, 1.82) is 0 Å². The van der Waals surface area contributed by atoms with Gasteiger partial charge in [-0.25, -0.2) is 4.39 Å². The Kier molecular flexibility index (Phi) is 2.99. The van der Waals surface area contributed by atoms with Crippen molar-refractivity contribution in [3.63, 3.8) is 0 Å². The van der Waals surface area contributed by atoms with Crippen molar-refractivity contribution < 1.29 is 9.18 Å². The van der Waals surface area contributed by atoms with Crippen LogP contribution in [0.2, 0.25) is 0 Å². The number of hydrogen-bond donors (Lipinski definition) is 0. The standard InChI is InChI=1S/C12H12FN3O/c1-8-6-9(16(2)15-8)7-11(17)12-10(13)4-3-5-14-12/h3-6H,7H2,1-2H3. The number of rotatable bonds is 3. The van der Waals surface area contributed by atoms with Gasteiger partial charge in [-0.15, -0.1) is 0 Å². The third-order valence-electron chi connectivity index (χ3n) is 2.46. The molecule has 2 rings (SSSR count). The largest absolute Gasteiger partial charge is 0.292 e. The first-order valence-corrected chi connectivity index (χ1v) is 5.21. The molecule has 0 atom stereocenters. The molecule has 0 N–H and O–H groups in total. The van der Waals surface area contributed by atoms with Gasteiger partial charge in [-0.3, -0.25) is 14.5 Å². The third kappa shape index (κ3) is 2.38. The number of carbonyl (C=O) groups excluding carboxylic acids is 1. The predicted octanol–water partition coefficient (Wildman–Crippen LogP) is 1.69. The Balaban J connectivity index is 2.23. The number of Topliss-reactive ketones (excluding diaryl/α,β-unsaturated/α-hetero) is 1. The molecule has 0 saturated heterocycles. The van der Waals surface area contributed by atoms with E-state index in [9.17, 15) is 9.18 Å². The first-order chi connectivity index (χ1) is 8.08. The van der Waals surface area contributed by atoms with Crippen LogP contribution in [-0.4, -0.2) is 20.5 Å². The number of ketones is 1. The molecule has 0 spiro atoms. The number of carbonyl (C=O) groups is 1. The minimum absolute atomic E-state index is 0.102. The van der Waals surface area contributed by atoms with Crippen molar-refractivity contribution in [3.05, 3.63) is 47.3 Å². The van der Waals surface area contributed by atoms with Gasteiger partial charge in [0, 0.05) is 18.9 Å². The van der Waals surface area contributed by atoms with E-state index in [4.69, 9.17) is 0 Å². The van der Waals surface area contributed by atoms with Crippen LogP contribution in [0.3, 0.4) is 0 Å². The fourth-order valence-corrected chi connectivity index (χ4v) is 1.67. The number of hydrogen-bond acceptors (Lipinski definition) is 3. The first kappa shape index (κ1) is 11.4. The Hall–Kier alpha value is -2.04. The van der Waals surface area contributed by atoms with Gasteiger partial charge in [0.15, 0.2) is 11.6 Å². The summed E-state index contributed by atoms with van der Waals surface area (Å²) in [4.78, 5) is 15.6. The fourth-order valence-electron chi connectivity index (χ4n) is 1.67. The lowest BCUT2D eigenvalue weighted by Gasteiger charge is -2.01. The topological polar surface area (TPSA) is 47.8 Å². The molecule has 0 fully saturated rings. The number of halogens is 1. The van der Waals surface area contributed by atoms with Crippen molar-refractivity contribution in [1.82, 2.24) is 14.8 Å². The molecule has 2 aromatic heterocycles. The molecule has 17 heavy (non-hydrogen) atoms. The molecule has 0 radical (unpaired) electrons. The maximum atomic E-state index is 13.3. The number of nitrogens with zero attached hydrogens (tertiary/aromatic N) is 3. The quantitative estimate of drug-likeness (QED) is 0.758. The Morgan fingerprint density at radius 2 is 2.29 bits per heavy atom. The van der Waals surface area contributed by atoms with Crippen molar-refractivity contribution in [3.8, 4) is 0 Å². The van der Waals surface area contributed by atoms with E-state index in [0.717, 1.165) is 11.4 Å². The van der Waals surface area contributed by atoms with Crippen LogP contribution in [-0.2, 0) is 13.5 Å². The molecule has 88 valence electrons. The summed E-state index contributed by atoms with van der Waals surface area (Å²) >= 11 is 0. The Labute approximate surface area is 98.1 Å². The summed E-state index contributed by atoms with van der Waals surface area (Å²) < 4.78 is 15.0. The van der Waals surface area contributed by atoms with Crippen LogP contribution in [0.15, 0.2) is 24.4 Å². The first-order valence-electron chi connectivity index (χ1n) is 5.21. The van der Waals surface area contributed by atoms with Gasteiger partial charge in [0.25, 0.3) is 0 Å². The van der Waals surface area contributed by atoms with Crippen LogP contribution in [0.1, 0.15) is 21.9 Å². The average Bonchev–Trinajstić information content (AvgIpc) is 2.58. The lowest BCUT2D eigenvalue weighted by molar-refractivity contribution is 0.0981. The number of aryl methyl sites for hydroxylation is 2. The Morgan fingerprint density at radius 3 is 2.88 bits per heavy atom. The van der Waals surface area contributed by atoms with E-state index in [2.05, 4.69) is 10.1 Å². The zero-order chi connectivity index (χ0) is 12.4. The average molecular weight is 233 g/mol. The van der Waals surface area contributed by atoms with E-state index < -0.39 is 5.82 Å². The maximum absolute atomic E-state index is 13.3. The number of pyridine rings is 1. The van der Waals surface area contributed by atoms with E-state index in [0.29, 0.717) is 0 Å². The van der Waals surface area contributed by atoms with Gasteiger partial charge in [-0.05, 0) is 25.1 Å². The highest BCUT2D eigenvalue weighted by molar-refractivity contribution is 5.95. The van der Waals surface area contributed by atoms with E-state index in [-0.39, 0.29) is 17.9 Å². The molecule has 5 heteroatoms. The minimum Gasteiger partial charge on any atom is -0.292 e.